The van der Waals surface area contributed by atoms with Gasteiger partial charge in [-0.1, -0.05) is 29.8 Å². The van der Waals surface area contributed by atoms with E-state index in [0.29, 0.717) is 29.2 Å². The summed E-state index contributed by atoms with van der Waals surface area (Å²) in [5.41, 5.74) is 2.86. The summed E-state index contributed by atoms with van der Waals surface area (Å²) in [6.45, 7) is 7.99. The summed E-state index contributed by atoms with van der Waals surface area (Å²) in [7, 11) is -3.73. The Morgan fingerprint density at radius 3 is 2.05 bits per heavy atom. The Hall–Kier alpha value is -2.01. The maximum atomic E-state index is 12.6. The van der Waals surface area contributed by atoms with E-state index >= 15 is 0 Å². The topological polar surface area (TPSA) is 57.5 Å². The van der Waals surface area contributed by atoms with E-state index in [1.54, 1.807) is 38.1 Å². The summed E-state index contributed by atoms with van der Waals surface area (Å²) in [6, 6.07) is 10.4. The van der Waals surface area contributed by atoms with Gasteiger partial charge in [-0.3, -0.25) is 0 Å². The standard InChI is InChI=1S/C17H20NO3S/c1-5-21-16-8-6-15(7-9-16)18-22(19,20)17-13(3)10-12(2)11-14(17)4/h6-11H,5H2,1-4H3/q-1. The fourth-order valence-corrected chi connectivity index (χ4v) is 3.95. The second kappa shape index (κ2) is 6.40. The molecule has 0 aromatic heterocycles. The van der Waals surface area contributed by atoms with Gasteiger partial charge >= 0.3 is 0 Å². The predicted octanol–water partition coefficient (Wildman–Crippen LogP) is 4.40. The van der Waals surface area contributed by atoms with Crippen LogP contribution in [0, 0.1) is 20.8 Å². The molecule has 0 saturated carbocycles. The SMILES string of the molecule is CCOc1ccc([N-]S(=O)(=O)c2c(C)cc(C)cc2C)cc1. The summed E-state index contributed by atoms with van der Waals surface area (Å²) in [6.07, 6.45) is 0. The zero-order valence-corrected chi connectivity index (χ0v) is 14.1. The average Bonchev–Trinajstić information content (AvgIpc) is 2.39. The van der Waals surface area contributed by atoms with Crippen molar-refractivity contribution in [2.75, 3.05) is 6.61 Å². The van der Waals surface area contributed by atoms with Gasteiger partial charge in [-0.15, -0.1) is 5.69 Å². The zero-order chi connectivity index (χ0) is 16.3. The minimum atomic E-state index is -3.73. The highest BCUT2D eigenvalue weighted by molar-refractivity contribution is 7.94. The van der Waals surface area contributed by atoms with Crippen LogP contribution < -0.4 is 4.74 Å². The number of hydrogen-bond donors (Lipinski definition) is 0. The average molecular weight is 318 g/mol. The van der Waals surface area contributed by atoms with Gasteiger partial charge in [0.25, 0.3) is 0 Å². The molecule has 0 atom stereocenters. The van der Waals surface area contributed by atoms with Gasteiger partial charge < -0.3 is 9.46 Å². The van der Waals surface area contributed by atoms with Gasteiger partial charge in [0.15, 0.2) is 0 Å². The van der Waals surface area contributed by atoms with Crippen molar-refractivity contribution in [2.45, 2.75) is 32.6 Å². The Morgan fingerprint density at radius 1 is 1.00 bits per heavy atom. The van der Waals surface area contributed by atoms with Crippen molar-refractivity contribution < 1.29 is 13.2 Å². The Bertz CT molecular complexity index is 742. The third-order valence-corrected chi connectivity index (χ3v) is 4.85. The van der Waals surface area contributed by atoms with E-state index < -0.39 is 10.0 Å². The lowest BCUT2D eigenvalue weighted by Gasteiger charge is -2.25. The van der Waals surface area contributed by atoms with E-state index in [-0.39, 0.29) is 4.90 Å². The van der Waals surface area contributed by atoms with Crippen LogP contribution in [0.4, 0.5) is 5.69 Å². The quantitative estimate of drug-likeness (QED) is 0.820. The van der Waals surface area contributed by atoms with E-state index in [0.717, 1.165) is 5.56 Å². The van der Waals surface area contributed by atoms with Crippen LogP contribution in [-0.4, -0.2) is 15.0 Å². The first-order chi connectivity index (χ1) is 10.3. The number of rotatable bonds is 5. The molecule has 0 bridgehead atoms. The highest BCUT2D eigenvalue weighted by Crippen LogP contribution is 2.32. The fraction of sp³-hybridized carbons (Fsp3) is 0.294. The Morgan fingerprint density at radius 2 is 1.55 bits per heavy atom. The first-order valence-corrected chi connectivity index (χ1v) is 8.56. The molecule has 0 spiro atoms. The van der Waals surface area contributed by atoms with Crippen molar-refractivity contribution in [1.82, 2.24) is 0 Å². The zero-order valence-electron chi connectivity index (χ0n) is 13.3. The summed E-state index contributed by atoms with van der Waals surface area (Å²) in [5, 5.41) is 0. The second-order valence-electron chi connectivity index (χ2n) is 5.22. The van der Waals surface area contributed by atoms with Gasteiger partial charge in [-0.2, -0.15) is 0 Å². The van der Waals surface area contributed by atoms with Crippen molar-refractivity contribution in [3.63, 3.8) is 0 Å². The summed E-state index contributed by atoms with van der Waals surface area (Å²) < 4.78 is 34.4. The van der Waals surface area contributed by atoms with Crippen LogP contribution in [0.15, 0.2) is 41.3 Å². The number of nitrogens with zero attached hydrogens (tertiary/aromatic N) is 1. The van der Waals surface area contributed by atoms with Crippen molar-refractivity contribution >= 4 is 15.7 Å². The number of ether oxygens (including phenoxy) is 1. The molecule has 0 heterocycles. The predicted molar refractivity (Wildman–Crippen MR) is 88.5 cm³/mol. The van der Waals surface area contributed by atoms with Gasteiger partial charge in [0, 0.05) is 0 Å². The normalized spacial score (nSPS) is 11.3. The van der Waals surface area contributed by atoms with Crippen LogP contribution in [0.1, 0.15) is 23.6 Å². The maximum Gasteiger partial charge on any atom is 0.123 e. The molecule has 0 amide bonds. The Balaban J connectivity index is 2.32. The van der Waals surface area contributed by atoms with Crippen LogP contribution in [-0.2, 0) is 10.0 Å². The molecule has 118 valence electrons. The smallest absolute Gasteiger partial charge is 0.123 e. The number of sulfonamides is 1. The molecule has 4 nitrogen and oxygen atoms in total. The molecule has 0 radical (unpaired) electrons. The Labute approximate surface area is 132 Å². The number of hydrogen-bond acceptors (Lipinski definition) is 3. The van der Waals surface area contributed by atoms with Gasteiger partial charge in [-0.05, 0) is 51.0 Å². The second-order valence-corrected chi connectivity index (χ2v) is 6.76. The third-order valence-electron chi connectivity index (χ3n) is 3.24. The van der Waals surface area contributed by atoms with Crippen LogP contribution >= 0.6 is 0 Å². The van der Waals surface area contributed by atoms with E-state index in [4.69, 9.17) is 4.74 Å². The molecular formula is C17H20NO3S-. The molecule has 0 aliphatic carbocycles. The highest BCUT2D eigenvalue weighted by Gasteiger charge is 2.12. The summed E-state index contributed by atoms with van der Waals surface area (Å²) >= 11 is 0. The van der Waals surface area contributed by atoms with Crippen molar-refractivity contribution in [3.8, 4) is 5.75 Å². The summed E-state index contributed by atoms with van der Waals surface area (Å²) in [5.74, 6) is 0.696. The lowest BCUT2D eigenvalue weighted by molar-refractivity contribution is 0.340. The first-order valence-electron chi connectivity index (χ1n) is 7.12. The number of benzene rings is 2. The molecule has 0 N–H and O–H groups in total. The molecule has 2 rings (SSSR count). The van der Waals surface area contributed by atoms with Crippen LogP contribution in [0.25, 0.3) is 4.72 Å². The monoisotopic (exact) mass is 318 g/mol. The number of aryl methyl sites for hydroxylation is 3. The largest absolute Gasteiger partial charge is 0.573 e. The Kier molecular flexibility index (Phi) is 4.76. The molecule has 5 heteroatoms. The van der Waals surface area contributed by atoms with E-state index in [9.17, 15) is 8.42 Å². The molecule has 0 aliphatic rings. The van der Waals surface area contributed by atoms with E-state index in [2.05, 4.69) is 4.72 Å². The van der Waals surface area contributed by atoms with Crippen LogP contribution in [0.2, 0.25) is 0 Å². The molecule has 0 unspecified atom stereocenters. The fourth-order valence-electron chi connectivity index (χ4n) is 2.53. The minimum Gasteiger partial charge on any atom is -0.573 e. The minimum absolute atomic E-state index is 0.284. The first kappa shape index (κ1) is 16.4. The van der Waals surface area contributed by atoms with Crippen LogP contribution in [0.5, 0.6) is 5.75 Å². The molecule has 0 aliphatic heterocycles. The molecule has 0 fully saturated rings. The van der Waals surface area contributed by atoms with Gasteiger partial charge in [-0.25, -0.2) is 8.42 Å². The molecule has 22 heavy (non-hydrogen) atoms. The van der Waals surface area contributed by atoms with Gasteiger partial charge in [0.2, 0.25) is 0 Å². The maximum absolute atomic E-state index is 12.6. The molecule has 0 saturated heterocycles. The lowest BCUT2D eigenvalue weighted by atomic mass is 10.1. The molecule has 2 aromatic carbocycles. The van der Waals surface area contributed by atoms with Crippen molar-refractivity contribution in [1.29, 1.82) is 0 Å². The van der Waals surface area contributed by atoms with Crippen molar-refractivity contribution in [3.05, 3.63) is 57.8 Å². The molecular weight excluding hydrogens is 298 g/mol. The van der Waals surface area contributed by atoms with E-state index in [1.165, 1.54) is 0 Å². The summed E-state index contributed by atoms with van der Waals surface area (Å²) in [4.78, 5) is 0.284. The van der Waals surface area contributed by atoms with Gasteiger partial charge in [0.05, 0.1) is 11.5 Å². The lowest BCUT2D eigenvalue weighted by Crippen LogP contribution is -2.04. The van der Waals surface area contributed by atoms with E-state index in [1.807, 2.05) is 26.0 Å². The van der Waals surface area contributed by atoms with Crippen molar-refractivity contribution in [2.24, 2.45) is 0 Å². The van der Waals surface area contributed by atoms with Gasteiger partial charge in [0.1, 0.15) is 15.8 Å². The highest BCUT2D eigenvalue weighted by atomic mass is 32.2. The molecule has 2 aromatic rings. The third kappa shape index (κ3) is 3.60. The van der Waals surface area contributed by atoms with Crippen LogP contribution in [0.3, 0.4) is 0 Å².